The second kappa shape index (κ2) is 8.36. The largest absolute Gasteiger partial charge is 0.495 e. The first kappa shape index (κ1) is 18.5. The molecule has 1 aromatic carbocycles. The van der Waals surface area contributed by atoms with E-state index >= 15 is 0 Å². The molecule has 2 N–H and O–H groups in total. The van der Waals surface area contributed by atoms with Gasteiger partial charge in [0.15, 0.2) is 0 Å². The molecule has 0 saturated heterocycles. The number of anilines is 2. The molecule has 138 valence electrons. The highest BCUT2D eigenvalue weighted by Crippen LogP contribution is 2.31. The summed E-state index contributed by atoms with van der Waals surface area (Å²) < 4.78 is 5.24. The number of amides is 2. The lowest BCUT2D eigenvalue weighted by atomic mass is 10.00. The number of carbonyl (C=O) groups excluding carboxylic acids is 2. The molecule has 0 radical (unpaired) electrons. The van der Waals surface area contributed by atoms with Crippen molar-refractivity contribution >= 4 is 34.5 Å². The zero-order valence-electron chi connectivity index (χ0n) is 15.2. The molecule has 5 nitrogen and oxygen atoms in total. The first-order valence-electron chi connectivity index (χ1n) is 8.95. The Hall–Kier alpha value is -2.34. The third-order valence-corrected chi connectivity index (χ3v) is 5.72. The number of nitrogens with one attached hydrogen (secondary N) is 2. The Labute approximate surface area is 157 Å². The molecule has 0 fully saturated rings. The molecule has 3 rings (SSSR count). The minimum absolute atomic E-state index is 0.110. The van der Waals surface area contributed by atoms with Crippen molar-refractivity contribution in [2.24, 2.45) is 0 Å². The molecule has 2 aromatic rings. The van der Waals surface area contributed by atoms with E-state index in [2.05, 4.69) is 10.6 Å². The Bertz CT molecular complexity index is 788. The van der Waals surface area contributed by atoms with Crippen LogP contribution in [0, 0.1) is 0 Å². The van der Waals surface area contributed by atoms with Crippen molar-refractivity contribution in [3.8, 4) is 5.75 Å². The van der Waals surface area contributed by atoms with Crippen molar-refractivity contribution in [3.63, 3.8) is 0 Å². The van der Waals surface area contributed by atoms with Gasteiger partial charge in [-0.15, -0.1) is 11.3 Å². The molecular formula is C20H24N2O3S. The SMILES string of the molecule is COc1ccc(NC(=O)c2cc3c(s2)CCCCCC3)cc1NC(C)=O. The van der Waals surface area contributed by atoms with Crippen molar-refractivity contribution < 1.29 is 14.3 Å². The van der Waals surface area contributed by atoms with E-state index in [1.807, 2.05) is 6.07 Å². The van der Waals surface area contributed by atoms with Crippen molar-refractivity contribution in [1.82, 2.24) is 0 Å². The van der Waals surface area contributed by atoms with Gasteiger partial charge in [-0.2, -0.15) is 0 Å². The van der Waals surface area contributed by atoms with Gasteiger partial charge >= 0.3 is 0 Å². The summed E-state index contributed by atoms with van der Waals surface area (Å²) in [5, 5.41) is 5.65. The summed E-state index contributed by atoms with van der Waals surface area (Å²) in [6.07, 6.45) is 7.08. The maximum atomic E-state index is 12.7. The Kier molecular flexibility index (Phi) is 5.93. The molecule has 0 bridgehead atoms. The van der Waals surface area contributed by atoms with Crippen LogP contribution in [0.5, 0.6) is 5.75 Å². The summed E-state index contributed by atoms with van der Waals surface area (Å²) in [7, 11) is 1.54. The van der Waals surface area contributed by atoms with Gasteiger partial charge < -0.3 is 15.4 Å². The van der Waals surface area contributed by atoms with Crippen LogP contribution >= 0.6 is 11.3 Å². The van der Waals surface area contributed by atoms with Crippen molar-refractivity contribution in [1.29, 1.82) is 0 Å². The van der Waals surface area contributed by atoms with Gasteiger partial charge in [0.05, 0.1) is 17.7 Å². The van der Waals surface area contributed by atoms with E-state index < -0.39 is 0 Å². The first-order valence-corrected chi connectivity index (χ1v) is 9.77. The van der Waals surface area contributed by atoms with Crippen LogP contribution in [-0.4, -0.2) is 18.9 Å². The van der Waals surface area contributed by atoms with Gasteiger partial charge in [-0.3, -0.25) is 9.59 Å². The molecule has 2 amide bonds. The zero-order valence-corrected chi connectivity index (χ0v) is 16.0. The number of ether oxygens (including phenoxy) is 1. The minimum Gasteiger partial charge on any atom is -0.495 e. The highest BCUT2D eigenvalue weighted by atomic mass is 32.1. The van der Waals surface area contributed by atoms with Gasteiger partial charge in [0.25, 0.3) is 5.91 Å². The summed E-state index contributed by atoms with van der Waals surface area (Å²) in [6, 6.07) is 7.25. The molecule has 26 heavy (non-hydrogen) atoms. The van der Waals surface area contributed by atoms with E-state index in [0.29, 0.717) is 17.1 Å². The average Bonchev–Trinajstić information content (AvgIpc) is 2.97. The van der Waals surface area contributed by atoms with E-state index in [4.69, 9.17) is 4.74 Å². The fraction of sp³-hybridized carbons (Fsp3) is 0.400. The third kappa shape index (κ3) is 4.43. The summed E-state index contributed by atoms with van der Waals surface area (Å²) in [6.45, 7) is 1.44. The number of fused-ring (bicyclic) bond motifs is 1. The van der Waals surface area contributed by atoms with Crippen LogP contribution < -0.4 is 15.4 Å². The quantitative estimate of drug-likeness (QED) is 0.822. The summed E-state index contributed by atoms with van der Waals surface area (Å²) >= 11 is 1.60. The number of carbonyl (C=O) groups is 2. The Morgan fingerprint density at radius 1 is 1.04 bits per heavy atom. The van der Waals surface area contributed by atoms with Gasteiger partial charge in [0.1, 0.15) is 5.75 Å². The van der Waals surface area contributed by atoms with Gasteiger partial charge in [-0.25, -0.2) is 0 Å². The van der Waals surface area contributed by atoms with Crippen molar-refractivity contribution in [2.45, 2.75) is 45.4 Å². The van der Waals surface area contributed by atoms with Gasteiger partial charge in [0, 0.05) is 17.5 Å². The lowest BCUT2D eigenvalue weighted by Gasteiger charge is -2.11. The van der Waals surface area contributed by atoms with Crippen LogP contribution in [0.1, 0.15) is 52.7 Å². The number of methoxy groups -OCH3 is 1. The van der Waals surface area contributed by atoms with Crippen LogP contribution in [0.4, 0.5) is 11.4 Å². The third-order valence-electron chi connectivity index (χ3n) is 4.49. The van der Waals surface area contributed by atoms with Crippen LogP contribution in [0.15, 0.2) is 24.3 Å². The molecule has 0 unspecified atom stereocenters. The number of hydrogen-bond donors (Lipinski definition) is 2. The maximum Gasteiger partial charge on any atom is 0.265 e. The number of thiophene rings is 1. The Balaban J connectivity index is 1.77. The average molecular weight is 372 g/mol. The first-order chi connectivity index (χ1) is 12.6. The van der Waals surface area contributed by atoms with Crippen LogP contribution in [-0.2, 0) is 17.6 Å². The van der Waals surface area contributed by atoms with E-state index in [-0.39, 0.29) is 11.8 Å². The molecule has 0 spiro atoms. The second-order valence-corrected chi connectivity index (χ2v) is 7.66. The maximum absolute atomic E-state index is 12.7. The predicted molar refractivity (Wildman–Crippen MR) is 105 cm³/mol. The lowest BCUT2D eigenvalue weighted by Crippen LogP contribution is -2.12. The number of aryl methyl sites for hydroxylation is 2. The minimum atomic E-state index is -0.190. The van der Waals surface area contributed by atoms with Crippen LogP contribution in [0.25, 0.3) is 0 Å². The van der Waals surface area contributed by atoms with E-state index in [1.54, 1.807) is 36.6 Å². The Morgan fingerprint density at radius 2 is 1.81 bits per heavy atom. The van der Waals surface area contributed by atoms with Crippen LogP contribution in [0.3, 0.4) is 0 Å². The summed E-state index contributed by atoms with van der Waals surface area (Å²) in [4.78, 5) is 26.1. The van der Waals surface area contributed by atoms with Gasteiger partial charge in [-0.1, -0.05) is 12.8 Å². The molecule has 1 heterocycles. The molecule has 1 aliphatic rings. The van der Waals surface area contributed by atoms with Crippen molar-refractivity contribution in [2.75, 3.05) is 17.7 Å². The highest BCUT2D eigenvalue weighted by molar-refractivity contribution is 7.14. The molecule has 0 atom stereocenters. The topological polar surface area (TPSA) is 67.4 Å². The lowest BCUT2D eigenvalue weighted by molar-refractivity contribution is -0.114. The molecular weight excluding hydrogens is 348 g/mol. The van der Waals surface area contributed by atoms with Gasteiger partial charge in [0.2, 0.25) is 5.91 Å². The van der Waals surface area contributed by atoms with E-state index in [9.17, 15) is 9.59 Å². The van der Waals surface area contributed by atoms with E-state index in [1.165, 1.54) is 43.0 Å². The van der Waals surface area contributed by atoms with Crippen LogP contribution in [0.2, 0.25) is 0 Å². The monoisotopic (exact) mass is 372 g/mol. The van der Waals surface area contributed by atoms with Crippen molar-refractivity contribution in [3.05, 3.63) is 39.6 Å². The van der Waals surface area contributed by atoms with E-state index in [0.717, 1.165) is 17.7 Å². The normalized spacial score (nSPS) is 13.9. The predicted octanol–water partition coefficient (Wildman–Crippen LogP) is 4.63. The molecule has 1 aromatic heterocycles. The molecule has 1 aliphatic carbocycles. The molecule has 0 aliphatic heterocycles. The number of hydrogen-bond acceptors (Lipinski definition) is 4. The van der Waals surface area contributed by atoms with Gasteiger partial charge in [-0.05, 0) is 55.5 Å². The number of benzene rings is 1. The highest BCUT2D eigenvalue weighted by Gasteiger charge is 2.16. The zero-order chi connectivity index (χ0) is 18.5. The fourth-order valence-corrected chi connectivity index (χ4v) is 4.37. The summed E-state index contributed by atoms with van der Waals surface area (Å²) in [5.41, 5.74) is 2.49. The smallest absolute Gasteiger partial charge is 0.265 e. The Morgan fingerprint density at radius 3 is 2.54 bits per heavy atom. The standard InChI is InChI=1S/C20H24N2O3S/c1-13(23)21-16-12-15(9-10-17(16)25-2)22-20(24)19-11-14-7-5-3-4-6-8-18(14)26-19/h9-12H,3-8H2,1-2H3,(H,21,23)(H,22,24). The fourth-order valence-electron chi connectivity index (χ4n) is 3.22. The summed E-state index contributed by atoms with van der Waals surface area (Å²) in [5.74, 6) is 0.253. The number of rotatable bonds is 4. The molecule has 6 heteroatoms. The second-order valence-electron chi connectivity index (χ2n) is 6.52. The molecule has 0 saturated carbocycles.